The number of nitrogens with zero attached hydrogens (tertiary/aromatic N) is 2. The quantitative estimate of drug-likeness (QED) is 0.795. The third-order valence-corrected chi connectivity index (χ3v) is 5.18. The van der Waals surface area contributed by atoms with Gasteiger partial charge in [0.15, 0.2) is 0 Å². The first-order chi connectivity index (χ1) is 14.6. The highest BCUT2D eigenvalue weighted by molar-refractivity contribution is 6.14. The summed E-state index contributed by atoms with van der Waals surface area (Å²) in [6.45, 7) is 0.916. The molecule has 0 aromatic heterocycles. The van der Waals surface area contributed by atoms with E-state index in [-0.39, 0.29) is 31.0 Å². The highest BCUT2D eigenvalue weighted by Gasteiger charge is 2.33. The average Bonchev–Trinajstić information content (AvgIpc) is 3.28. The summed E-state index contributed by atoms with van der Waals surface area (Å²) < 4.78 is 5.51. The minimum Gasteiger partial charge on any atom is -0.376 e. The van der Waals surface area contributed by atoms with Gasteiger partial charge in [-0.25, -0.2) is 4.79 Å². The number of fused-ring (bicyclic) bond motifs is 1. The Morgan fingerprint density at radius 2 is 1.77 bits per heavy atom. The van der Waals surface area contributed by atoms with E-state index in [1.165, 1.54) is 9.80 Å². The number of para-hydroxylation sites is 3. The van der Waals surface area contributed by atoms with Gasteiger partial charge < -0.3 is 15.4 Å². The first kappa shape index (κ1) is 19.9. The molecule has 2 heterocycles. The van der Waals surface area contributed by atoms with Crippen molar-refractivity contribution in [3.8, 4) is 0 Å². The van der Waals surface area contributed by atoms with Crippen molar-refractivity contribution in [2.75, 3.05) is 41.4 Å². The number of benzene rings is 2. The topological polar surface area (TPSA) is 91.0 Å². The molecule has 2 aromatic rings. The number of ether oxygens (including phenoxy) is 1. The Kier molecular flexibility index (Phi) is 5.94. The van der Waals surface area contributed by atoms with Gasteiger partial charge in [0.25, 0.3) is 0 Å². The van der Waals surface area contributed by atoms with Crippen LogP contribution in [-0.2, 0) is 14.3 Å². The van der Waals surface area contributed by atoms with Gasteiger partial charge in [0.1, 0.15) is 13.1 Å². The number of rotatable bonds is 5. The minimum atomic E-state index is -0.399. The highest BCUT2D eigenvalue weighted by Crippen LogP contribution is 2.33. The lowest BCUT2D eigenvalue weighted by atomic mass is 10.1. The van der Waals surface area contributed by atoms with Crippen molar-refractivity contribution in [1.29, 1.82) is 0 Å². The van der Waals surface area contributed by atoms with E-state index >= 15 is 0 Å². The van der Waals surface area contributed by atoms with Crippen molar-refractivity contribution in [3.05, 3.63) is 54.6 Å². The van der Waals surface area contributed by atoms with Crippen LogP contribution in [0.5, 0.6) is 0 Å². The maximum Gasteiger partial charge on any atom is 0.326 e. The van der Waals surface area contributed by atoms with Gasteiger partial charge in [-0.2, -0.15) is 0 Å². The molecule has 2 N–H and O–H groups in total. The molecular weight excluding hydrogens is 384 g/mol. The molecule has 156 valence electrons. The summed E-state index contributed by atoms with van der Waals surface area (Å²) in [5.74, 6) is -0.569. The van der Waals surface area contributed by atoms with Gasteiger partial charge in [0.2, 0.25) is 11.8 Å². The van der Waals surface area contributed by atoms with E-state index in [4.69, 9.17) is 4.74 Å². The fourth-order valence-corrected chi connectivity index (χ4v) is 3.66. The molecule has 30 heavy (non-hydrogen) atoms. The van der Waals surface area contributed by atoms with E-state index in [2.05, 4.69) is 10.6 Å². The van der Waals surface area contributed by atoms with Crippen LogP contribution in [0.2, 0.25) is 0 Å². The van der Waals surface area contributed by atoms with Crippen LogP contribution in [0.15, 0.2) is 54.6 Å². The average molecular weight is 408 g/mol. The second kappa shape index (κ2) is 8.96. The smallest absolute Gasteiger partial charge is 0.326 e. The first-order valence-corrected chi connectivity index (χ1v) is 10.0. The summed E-state index contributed by atoms with van der Waals surface area (Å²) >= 11 is 0. The van der Waals surface area contributed by atoms with Gasteiger partial charge in [-0.1, -0.05) is 30.3 Å². The number of amides is 4. The monoisotopic (exact) mass is 408 g/mol. The molecule has 1 saturated heterocycles. The zero-order chi connectivity index (χ0) is 20.9. The maximum atomic E-state index is 12.8. The zero-order valence-corrected chi connectivity index (χ0v) is 16.5. The van der Waals surface area contributed by atoms with Crippen LogP contribution in [0.3, 0.4) is 0 Å². The summed E-state index contributed by atoms with van der Waals surface area (Å²) in [7, 11) is 0. The molecule has 0 bridgehead atoms. The van der Waals surface area contributed by atoms with Crippen molar-refractivity contribution < 1.29 is 19.1 Å². The van der Waals surface area contributed by atoms with Gasteiger partial charge in [0, 0.05) is 18.8 Å². The van der Waals surface area contributed by atoms with Crippen LogP contribution in [0.4, 0.5) is 21.9 Å². The molecule has 2 aliphatic heterocycles. The number of nitrogens with one attached hydrogen (secondary N) is 2. The molecule has 2 aliphatic rings. The Balaban J connectivity index is 1.46. The van der Waals surface area contributed by atoms with Crippen molar-refractivity contribution in [3.63, 3.8) is 0 Å². The Morgan fingerprint density at radius 3 is 2.50 bits per heavy atom. The summed E-state index contributed by atoms with van der Waals surface area (Å²) in [5.41, 5.74) is 1.75. The lowest BCUT2D eigenvalue weighted by Gasteiger charge is -2.35. The predicted octanol–water partition coefficient (Wildman–Crippen LogP) is 2.37. The number of carbonyl (C=O) groups excluding carboxylic acids is 3. The molecule has 0 unspecified atom stereocenters. The van der Waals surface area contributed by atoms with E-state index < -0.39 is 6.03 Å². The number of anilines is 3. The molecule has 0 radical (unpaired) electrons. The molecule has 8 nitrogen and oxygen atoms in total. The largest absolute Gasteiger partial charge is 0.376 e. The molecular formula is C22H24N4O4. The second-order valence-electron chi connectivity index (χ2n) is 7.29. The standard InChI is InChI=1S/C22H24N4O4/c27-20(23-13-17-9-6-12-30-17)14-25-18-10-4-5-11-19(18)26(15-21(25)28)22(29)24-16-7-2-1-3-8-16/h1-5,7-8,10-11,17H,6,9,12-15H2,(H,23,27)(H,24,29)/t17-/m1/s1. The van der Waals surface area contributed by atoms with E-state index in [0.717, 1.165) is 19.4 Å². The summed E-state index contributed by atoms with van der Waals surface area (Å²) in [4.78, 5) is 40.9. The minimum absolute atomic E-state index is 0.0375. The molecule has 4 rings (SSSR count). The second-order valence-corrected chi connectivity index (χ2v) is 7.29. The molecule has 0 aliphatic carbocycles. The maximum absolute atomic E-state index is 12.8. The van der Waals surface area contributed by atoms with Crippen molar-refractivity contribution in [1.82, 2.24) is 5.32 Å². The Labute approximate surface area is 174 Å². The molecule has 8 heteroatoms. The van der Waals surface area contributed by atoms with Crippen LogP contribution in [-0.4, -0.2) is 50.2 Å². The number of hydrogen-bond acceptors (Lipinski definition) is 4. The fourth-order valence-electron chi connectivity index (χ4n) is 3.66. The van der Waals surface area contributed by atoms with Crippen molar-refractivity contribution in [2.45, 2.75) is 18.9 Å². The predicted molar refractivity (Wildman–Crippen MR) is 114 cm³/mol. The van der Waals surface area contributed by atoms with Gasteiger partial charge >= 0.3 is 6.03 Å². The van der Waals surface area contributed by atoms with Crippen LogP contribution in [0, 0.1) is 0 Å². The first-order valence-electron chi connectivity index (χ1n) is 10.0. The summed E-state index contributed by atoms with van der Waals surface area (Å²) in [6.07, 6.45) is 1.96. The van der Waals surface area contributed by atoms with Gasteiger partial charge in [-0.05, 0) is 37.1 Å². The van der Waals surface area contributed by atoms with E-state index in [1.54, 1.807) is 36.4 Å². The molecule has 1 atom stereocenters. The Morgan fingerprint density at radius 1 is 1.03 bits per heavy atom. The highest BCUT2D eigenvalue weighted by atomic mass is 16.5. The zero-order valence-electron chi connectivity index (χ0n) is 16.5. The third kappa shape index (κ3) is 4.44. The van der Waals surface area contributed by atoms with Gasteiger partial charge in [-0.3, -0.25) is 19.4 Å². The summed E-state index contributed by atoms with van der Waals surface area (Å²) in [5, 5.41) is 5.64. The number of urea groups is 1. The van der Waals surface area contributed by atoms with Crippen molar-refractivity contribution >= 4 is 34.9 Å². The van der Waals surface area contributed by atoms with Gasteiger partial charge in [0.05, 0.1) is 17.5 Å². The van der Waals surface area contributed by atoms with Crippen LogP contribution in [0.25, 0.3) is 0 Å². The SMILES string of the molecule is O=C(CN1C(=O)CN(C(=O)Nc2ccccc2)c2ccccc21)NC[C@H]1CCCO1. The van der Waals surface area contributed by atoms with E-state index in [1.807, 2.05) is 18.2 Å². The molecule has 2 aromatic carbocycles. The van der Waals surface area contributed by atoms with E-state index in [9.17, 15) is 14.4 Å². The number of hydrogen-bond donors (Lipinski definition) is 2. The Bertz CT molecular complexity index is 928. The lowest BCUT2D eigenvalue weighted by molar-refractivity contribution is -0.123. The summed E-state index contributed by atoms with van der Waals surface area (Å²) in [6, 6.07) is 15.7. The van der Waals surface area contributed by atoms with Crippen molar-refractivity contribution in [2.24, 2.45) is 0 Å². The number of carbonyl (C=O) groups is 3. The molecule has 0 spiro atoms. The van der Waals surface area contributed by atoms with Crippen LogP contribution < -0.4 is 20.4 Å². The van der Waals surface area contributed by atoms with E-state index in [0.29, 0.717) is 23.6 Å². The molecule has 4 amide bonds. The molecule has 1 fully saturated rings. The van der Waals surface area contributed by atoms with Gasteiger partial charge in [-0.15, -0.1) is 0 Å². The fraction of sp³-hybridized carbons (Fsp3) is 0.318. The van der Waals surface area contributed by atoms with Crippen LogP contribution >= 0.6 is 0 Å². The van der Waals surface area contributed by atoms with Crippen LogP contribution in [0.1, 0.15) is 12.8 Å². The molecule has 0 saturated carbocycles. The lowest BCUT2D eigenvalue weighted by Crippen LogP contribution is -2.52. The third-order valence-electron chi connectivity index (χ3n) is 5.18. The normalized spacial score (nSPS) is 18.1. The Hall–Kier alpha value is -3.39.